The second-order valence-electron chi connectivity index (χ2n) is 7.80. The van der Waals surface area contributed by atoms with Gasteiger partial charge in [-0.15, -0.1) is 0 Å². The lowest BCUT2D eigenvalue weighted by Gasteiger charge is -2.37. The van der Waals surface area contributed by atoms with Gasteiger partial charge in [0.05, 0.1) is 30.7 Å². The number of nitrogens with zero attached hydrogens (tertiary/aromatic N) is 6. The number of hydrogen-bond donors (Lipinski definition) is 0. The molecule has 1 amide bonds. The van der Waals surface area contributed by atoms with Crippen LogP contribution in [0.1, 0.15) is 23.4 Å². The van der Waals surface area contributed by atoms with E-state index in [0.29, 0.717) is 67.2 Å². The van der Waals surface area contributed by atoms with Gasteiger partial charge in [0.1, 0.15) is 6.07 Å². The summed E-state index contributed by atoms with van der Waals surface area (Å²) in [6, 6.07) is 4.09. The Hall–Kier alpha value is -3.52. The lowest BCUT2D eigenvalue weighted by molar-refractivity contribution is -0.104. The predicted molar refractivity (Wildman–Crippen MR) is 109 cm³/mol. The SMILES string of the molecule is N#CC1=C(c2cnn(C(F)F)c2)Cc2nccc(N3CCN(C(=O)OC4COC4)CC3)c21. The number of carbonyl (C=O) groups excluding carboxylic acids is 1. The second kappa shape index (κ2) is 8.20. The van der Waals surface area contributed by atoms with Gasteiger partial charge in [-0.3, -0.25) is 4.98 Å². The Kier molecular flexibility index (Phi) is 5.22. The fourth-order valence-electron chi connectivity index (χ4n) is 4.17. The van der Waals surface area contributed by atoms with Gasteiger partial charge < -0.3 is 19.3 Å². The standard InChI is InChI=1S/C21H20F2N6O3/c22-20(23)29-10-13(9-26-29)15-7-17-19(16(15)8-24)18(1-2-25-17)27-3-5-28(6-4-27)21(30)32-14-11-31-12-14/h1-2,9-10,14,20H,3-7,11-12H2. The third-order valence-corrected chi connectivity index (χ3v) is 5.92. The summed E-state index contributed by atoms with van der Waals surface area (Å²) in [5, 5.41) is 13.6. The van der Waals surface area contributed by atoms with Crippen LogP contribution in [0, 0.1) is 11.3 Å². The number of hydrogen-bond acceptors (Lipinski definition) is 7. The predicted octanol–water partition coefficient (Wildman–Crippen LogP) is 2.32. The van der Waals surface area contributed by atoms with Crippen molar-refractivity contribution in [1.29, 1.82) is 5.26 Å². The number of alkyl halides is 2. The Morgan fingerprint density at radius 2 is 2.06 bits per heavy atom. The molecule has 2 aromatic rings. The van der Waals surface area contributed by atoms with Crippen LogP contribution in [-0.2, 0) is 15.9 Å². The van der Waals surface area contributed by atoms with Crippen molar-refractivity contribution < 1.29 is 23.0 Å². The maximum absolute atomic E-state index is 13.0. The highest BCUT2D eigenvalue weighted by molar-refractivity contribution is 6.05. The number of amides is 1. The van der Waals surface area contributed by atoms with E-state index in [-0.39, 0.29) is 12.2 Å². The molecule has 1 aliphatic carbocycles. The van der Waals surface area contributed by atoms with E-state index in [9.17, 15) is 18.8 Å². The highest BCUT2D eigenvalue weighted by Gasteiger charge is 2.32. The van der Waals surface area contributed by atoms with Crippen LogP contribution >= 0.6 is 0 Å². The van der Waals surface area contributed by atoms with Gasteiger partial charge in [-0.2, -0.15) is 19.1 Å². The number of nitriles is 1. The summed E-state index contributed by atoms with van der Waals surface area (Å²) >= 11 is 0. The number of pyridine rings is 1. The smallest absolute Gasteiger partial charge is 0.410 e. The number of anilines is 1. The maximum Gasteiger partial charge on any atom is 0.410 e. The molecular formula is C21H20F2N6O3. The Morgan fingerprint density at radius 3 is 2.69 bits per heavy atom. The van der Waals surface area contributed by atoms with E-state index in [4.69, 9.17) is 9.47 Å². The van der Waals surface area contributed by atoms with Crippen molar-refractivity contribution >= 4 is 22.9 Å². The molecule has 11 heteroatoms. The fraction of sp³-hybridized carbons (Fsp3) is 0.429. The van der Waals surface area contributed by atoms with Gasteiger partial charge in [0, 0.05) is 61.8 Å². The van der Waals surface area contributed by atoms with E-state index in [1.165, 1.54) is 12.4 Å². The lowest BCUT2D eigenvalue weighted by Crippen LogP contribution is -2.51. The molecule has 0 unspecified atom stereocenters. The fourth-order valence-corrected chi connectivity index (χ4v) is 4.17. The van der Waals surface area contributed by atoms with Crippen LogP contribution in [-0.4, -0.2) is 71.3 Å². The summed E-state index contributed by atoms with van der Waals surface area (Å²) in [7, 11) is 0. The van der Waals surface area contributed by atoms with Gasteiger partial charge in [-0.1, -0.05) is 0 Å². The minimum atomic E-state index is -2.74. The van der Waals surface area contributed by atoms with Crippen LogP contribution < -0.4 is 4.90 Å². The number of carbonyl (C=O) groups is 1. The molecule has 0 aromatic carbocycles. The van der Waals surface area contributed by atoms with Crippen molar-refractivity contribution in [2.75, 3.05) is 44.3 Å². The second-order valence-corrected chi connectivity index (χ2v) is 7.80. The Labute approximate surface area is 182 Å². The first-order valence-electron chi connectivity index (χ1n) is 10.3. The van der Waals surface area contributed by atoms with E-state index >= 15 is 0 Å². The van der Waals surface area contributed by atoms with Gasteiger partial charge in [-0.05, 0) is 11.6 Å². The lowest BCUT2D eigenvalue weighted by atomic mass is 10.0. The summed E-state index contributed by atoms with van der Waals surface area (Å²) < 4.78 is 36.9. The van der Waals surface area contributed by atoms with Gasteiger partial charge in [-0.25, -0.2) is 9.48 Å². The highest BCUT2D eigenvalue weighted by atomic mass is 19.3. The average Bonchev–Trinajstić information content (AvgIpc) is 3.40. The summed E-state index contributed by atoms with van der Waals surface area (Å²) in [5.74, 6) is 0. The van der Waals surface area contributed by atoms with Gasteiger partial charge in [0.2, 0.25) is 0 Å². The number of fused-ring (bicyclic) bond motifs is 1. The molecule has 166 valence electrons. The van der Waals surface area contributed by atoms with Crippen LogP contribution in [0.25, 0.3) is 11.1 Å². The minimum absolute atomic E-state index is 0.167. The first-order chi connectivity index (χ1) is 15.5. The topological polar surface area (TPSA) is 96.5 Å². The molecule has 9 nitrogen and oxygen atoms in total. The zero-order valence-electron chi connectivity index (χ0n) is 17.1. The third-order valence-electron chi connectivity index (χ3n) is 5.92. The van der Waals surface area contributed by atoms with E-state index in [2.05, 4.69) is 21.1 Å². The van der Waals surface area contributed by atoms with Crippen LogP contribution in [0.5, 0.6) is 0 Å². The third kappa shape index (κ3) is 3.56. The molecule has 2 fully saturated rings. The number of rotatable bonds is 4. The van der Waals surface area contributed by atoms with Crippen molar-refractivity contribution in [3.05, 3.63) is 41.5 Å². The van der Waals surface area contributed by atoms with Crippen LogP contribution in [0.2, 0.25) is 0 Å². The first kappa shape index (κ1) is 20.4. The summed E-state index contributed by atoms with van der Waals surface area (Å²) in [6.07, 6.45) is 4.15. The number of ether oxygens (including phenoxy) is 2. The highest BCUT2D eigenvalue weighted by Crippen LogP contribution is 2.42. The molecule has 0 saturated carbocycles. The zero-order valence-corrected chi connectivity index (χ0v) is 17.1. The zero-order chi connectivity index (χ0) is 22.2. The van der Waals surface area contributed by atoms with Gasteiger partial charge in [0.15, 0.2) is 6.10 Å². The van der Waals surface area contributed by atoms with E-state index in [0.717, 1.165) is 16.9 Å². The van der Waals surface area contributed by atoms with Crippen molar-refractivity contribution in [2.45, 2.75) is 19.1 Å². The van der Waals surface area contributed by atoms with Crippen molar-refractivity contribution in [1.82, 2.24) is 19.7 Å². The van der Waals surface area contributed by atoms with Crippen LogP contribution in [0.3, 0.4) is 0 Å². The molecule has 5 rings (SSSR count). The minimum Gasteiger partial charge on any atom is -0.441 e. The molecule has 0 bridgehead atoms. The molecule has 0 N–H and O–H groups in total. The normalized spacial score (nSPS) is 18.6. The maximum atomic E-state index is 13.0. The Bertz CT molecular complexity index is 1110. The van der Waals surface area contributed by atoms with E-state index in [1.807, 2.05) is 6.07 Å². The van der Waals surface area contributed by atoms with Crippen molar-refractivity contribution in [3.63, 3.8) is 0 Å². The Morgan fingerprint density at radius 1 is 1.28 bits per heavy atom. The number of allylic oxidation sites excluding steroid dienone is 2. The van der Waals surface area contributed by atoms with Crippen LogP contribution in [0.15, 0.2) is 24.7 Å². The molecule has 32 heavy (non-hydrogen) atoms. The average molecular weight is 442 g/mol. The van der Waals surface area contributed by atoms with Gasteiger partial charge >= 0.3 is 12.6 Å². The number of halogens is 2. The van der Waals surface area contributed by atoms with Gasteiger partial charge in [0.25, 0.3) is 0 Å². The molecule has 0 spiro atoms. The molecular weight excluding hydrogens is 422 g/mol. The molecule has 0 radical (unpaired) electrons. The Balaban J connectivity index is 1.37. The summed E-state index contributed by atoms with van der Waals surface area (Å²) in [5.41, 5.74) is 3.84. The van der Waals surface area contributed by atoms with E-state index in [1.54, 1.807) is 11.1 Å². The first-order valence-corrected chi connectivity index (χ1v) is 10.3. The molecule has 2 aromatic heterocycles. The van der Waals surface area contributed by atoms with Crippen LogP contribution in [0.4, 0.5) is 19.3 Å². The van der Waals surface area contributed by atoms with Crippen molar-refractivity contribution in [2.24, 2.45) is 0 Å². The van der Waals surface area contributed by atoms with Crippen molar-refractivity contribution in [3.8, 4) is 6.07 Å². The largest absolute Gasteiger partial charge is 0.441 e. The quantitative estimate of drug-likeness (QED) is 0.717. The molecule has 0 atom stereocenters. The summed E-state index contributed by atoms with van der Waals surface area (Å²) in [4.78, 5) is 20.5. The molecule has 2 saturated heterocycles. The molecule has 4 heterocycles. The molecule has 2 aliphatic heterocycles. The number of piperazine rings is 1. The summed E-state index contributed by atoms with van der Waals surface area (Å²) in [6.45, 7) is 0.264. The monoisotopic (exact) mass is 442 g/mol. The number of aromatic nitrogens is 3. The molecule has 3 aliphatic rings. The van der Waals surface area contributed by atoms with E-state index < -0.39 is 6.55 Å².